The standard InChI is InChI=1S/C14H19N3O3/c18-13(11-3-8-19-9-4-11)17-7-2-12(10-17)20-14-15-5-1-6-16-14/h1,5-6,11-12H,2-4,7-10H2/t12-/m1/s1. The number of carbonyl (C=O) groups is 1. The number of hydrogen-bond donors (Lipinski definition) is 0. The molecule has 108 valence electrons. The second-order valence-electron chi connectivity index (χ2n) is 5.23. The van der Waals surface area contributed by atoms with Crippen molar-refractivity contribution in [2.45, 2.75) is 25.4 Å². The van der Waals surface area contributed by atoms with Crippen molar-refractivity contribution in [3.8, 4) is 6.01 Å². The summed E-state index contributed by atoms with van der Waals surface area (Å²) >= 11 is 0. The highest BCUT2D eigenvalue weighted by Crippen LogP contribution is 2.22. The molecule has 6 heteroatoms. The van der Waals surface area contributed by atoms with Crippen molar-refractivity contribution in [3.05, 3.63) is 18.5 Å². The Morgan fingerprint density at radius 1 is 1.25 bits per heavy atom. The van der Waals surface area contributed by atoms with E-state index < -0.39 is 0 Å². The van der Waals surface area contributed by atoms with Crippen LogP contribution in [0.4, 0.5) is 0 Å². The zero-order chi connectivity index (χ0) is 13.8. The average Bonchev–Trinajstić information content (AvgIpc) is 2.97. The number of ether oxygens (including phenoxy) is 2. The van der Waals surface area contributed by atoms with Crippen LogP contribution in [0.15, 0.2) is 18.5 Å². The minimum atomic E-state index is 0.00110. The van der Waals surface area contributed by atoms with Gasteiger partial charge in [0.15, 0.2) is 0 Å². The van der Waals surface area contributed by atoms with Gasteiger partial charge >= 0.3 is 6.01 Å². The molecule has 0 bridgehead atoms. The topological polar surface area (TPSA) is 64.5 Å². The van der Waals surface area contributed by atoms with Gasteiger partial charge < -0.3 is 14.4 Å². The normalized spacial score (nSPS) is 23.8. The number of carbonyl (C=O) groups excluding carboxylic acids is 1. The largest absolute Gasteiger partial charge is 0.458 e. The van der Waals surface area contributed by atoms with Crippen LogP contribution in [-0.4, -0.2) is 53.2 Å². The van der Waals surface area contributed by atoms with Crippen molar-refractivity contribution in [2.24, 2.45) is 5.92 Å². The molecule has 3 rings (SSSR count). The molecule has 0 radical (unpaired) electrons. The van der Waals surface area contributed by atoms with E-state index >= 15 is 0 Å². The number of aromatic nitrogens is 2. The second kappa shape index (κ2) is 6.17. The lowest BCUT2D eigenvalue weighted by Gasteiger charge is -2.26. The van der Waals surface area contributed by atoms with E-state index in [-0.39, 0.29) is 17.9 Å². The molecular weight excluding hydrogens is 258 g/mol. The molecule has 0 aromatic carbocycles. The predicted octanol–water partition coefficient (Wildman–Crippen LogP) is 0.883. The highest BCUT2D eigenvalue weighted by molar-refractivity contribution is 5.79. The summed E-state index contributed by atoms with van der Waals surface area (Å²) < 4.78 is 11.0. The quantitative estimate of drug-likeness (QED) is 0.820. The minimum Gasteiger partial charge on any atom is -0.458 e. The predicted molar refractivity (Wildman–Crippen MR) is 71.2 cm³/mol. The van der Waals surface area contributed by atoms with E-state index in [1.54, 1.807) is 18.5 Å². The third kappa shape index (κ3) is 3.07. The van der Waals surface area contributed by atoms with E-state index in [2.05, 4.69) is 9.97 Å². The summed E-state index contributed by atoms with van der Waals surface area (Å²) in [7, 11) is 0. The van der Waals surface area contributed by atoms with Gasteiger partial charge in [0.25, 0.3) is 0 Å². The maximum atomic E-state index is 12.4. The number of hydrogen-bond acceptors (Lipinski definition) is 5. The fraction of sp³-hybridized carbons (Fsp3) is 0.643. The maximum Gasteiger partial charge on any atom is 0.316 e. The third-order valence-corrected chi connectivity index (χ3v) is 3.84. The Hall–Kier alpha value is -1.69. The summed E-state index contributed by atoms with van der Waals surface area (Å²) in [6.07, 6.45) is 5.82. The van der Waals surface area contributed by atoms with E-state index in [1.807, 2.05) is 4.90 Å². The Morgan fingerprint density at radius 2 is 2.00 bits per heavy atom. The number of nitrogens with zero attached hydrogens (tertiary/aromatic N) is 3. The zero-order valence-electron chi connectivity index (χ0n) is 11.4. The number of likely N-dealkylation sites (tertiary alicyclic amines) is 1. The van der Waals surface area contributed by atoms with E-state index in [4.69, 9.17) is 9.47 Å². The lowest BCUT2D eigenvalue weighted by Crippen LogP contribution is -2.38. The summed E-state index contributed by atoms with van der Waals surface area (Å²) in [6, 6.07) is 2.14. The monoisotopic (exact) mass is 277 g/mol. The van der Waals surface area contributed by atoms with Gasteiger partial charge in [-0.15, -0.1) is 0 Å². The molecule has 3 heterocycles. The Kier molecular flexibility index (Phi) is 4.11. The lowest BCUT2D eigenvalue weighted by atomic mass is 9.99. The average molecular weight is 277 g/mol. The van der Waals surface area contributed by atoms with E-state index in [0.29, 0.717) is 25.8 Å². The first-order chi connectivity index (χ1) is 9.83. The molecule has 0 saturated carbocycles. The summed E-state index contributed by atoms with van der Waals surface area (Å²) in [5.74, 6) is 0.365. The van der Waals surface area contributed by atoms with Gasteiger partial charge in [-0.1, -0.05) is 0 Å². The van der Waals surface area contributed by atoms with Gasteiger partial charge in [0, 0.05) is 44.5 Å². The third-order valence-electron chi connectivity index (χ3n) is 3.84. The molecule has 20 heavy (non-hydrogen) atoms. The van der Waals surface area contributed by atoms with E-state index in [0.717, 1.165) is 25.8 Å². The lowest BCUT2D eigenvalue weighted by molar-refractivity contribution is -0.137. The van der Waals surface area contributed by atoms with Crippen molar-refractivity contribution in [3.63, 3.8) is 0 Å². The summed E-state index contributed by atoms with van der Waals surface area (Å²) in [5, 5.41) is 0. The van der Waals surface area contributed by atoms with Gasteiger partial charge in [0.1, 0.15) is 6.10 Å². The molecular formula is C14H19N3O3. The Morgan fingerprint density at radius 3 is 2.75 bits per heavy atom. The fourth-order valence-corrected chi connectivity index (χ4v) is 2.72. The fourth-order valence-electron chi connectivity index (χ4n) is 2.72. The van der Waals surface area contributed by atoms with Gasteiger partial charge in [-0.2, -0.15) is 0 Å². The maximum absolute atomic E-state index is 12.4. The van der Waals surface area contributed by atoms with Crippen molar-refractivity contribution in [2.75, 3.05) is 26.3 Å². The van der Waals surface area contributed by atoms with Crippen LogP contribution in [0.1, 0.15) is 19.3 Å². The molecule has 6 nitrogen and oxygen atoms in total. The molecule has 1 atom stereocenters. The van der Waals surface area contributed by atoms with Crippen LogP contribution < -0.4 is 4.74 Å². The van der Waals surface area contributed by atoms with Crippen molar-refractivity contribution in [1.82, 2.24) is 14.9 Å². The molecule has 1 aromatic rings. The van der Waals surface area contributed by atoms with Crippen LogP contribution in [0.2, 0.25) is 0 Å². The highest BCUT2D eigenvalue weighted by Gasteiger charge is 2.32. The Labute approximate surface area is 118 Å². The van der Waals surface area contributed by atoms with Gasteiger partial charge in [-0.3, -0.25) is 4.79 Å². The SMILES string of the molecule is O=C(C1CCOCC1)N1CC[C@@H](Oc2ncccn2)C1. The first-order valence-corrected chi connectivity index (χ1v) is 7.13. The smallest absolute Gasteiger partial charge is 0.316 e. The van der Waals surface area contributed by atoms with Crippen LogP contribution in [0.25, 0.3) is 0 Å². The van der Waals surface area contributed by atoms with Crippen LogP contribution in [-0.2, 0) is 9.53 Å². The molecule has 2 aliphatic heterocycles. The van der Waals surface area contributed by atoms with Gasteiger partial charge in [0.05, 0.1) is 6.54 Å². The van der Waals surface area contributed by atoms with Crippen LogP contribution >= 0.6 is 0 Å². The van der Waals surface area contributed by atoms with Crippen LogP contribution in [0.3, 0.4) is 0 Å². The summed E-state index contributed by atoms with van der Waals surface area (Å²) in [6.45, 7) is 2.78. The van der Waals surface area contributed by atoms with Crippen LogP contribution in [0, 0.1) is 5.92 Å². The first-order valence-electron chi connectivity index (χ1n) is 7.13. The minimum absolute atomic E-state index is 0.00110. The molecule has 0 N–H and O–H groups in total. The first kappa shape index (κ1) is 13.3. The van der Waals surface area contributed by atoms with Gasteiger partial charge in [-0.05, 0) is 18.9 Å². The molecule has 1 aromatic heterocycles. The molecule has 2 aliphatic rings. The molecule has 0 aliphatic carbocycles. The van der Waals surface area contributed by atoms with Crippen LogP contribution in [0.5, 0.6) is 6.01 Å². The molecule has 1 amide bonds. The Bertz CT molecular complexity index is 448. The van der Waals surface area contributed by atoms with E-state index in [9.17, 15) is 4.79 Å². The van der Waals surface area contributed by atoms with Gasteiger partial charge in [-0.25, -0.2) is 9.97 Å². The number of rotatable bonds is 3. The highest BCUT2D eigenvalue weighted by atomic mass is 16.5. The summed E-state index contributed by atoms with van der Waals surface area (Å²) in [5.41, 5.74) is 0. The number of amides is 1. The molecule has 2 fully saturated rings. The van der Waals surface area contributed by atoms with E-state index in [1.165, 1.54) is 0 Å². The molecule has 2 saturated heterocycles. The van der Waals surface area contributed by atoms with Crippen molar-refractivity contribution < 1.29 is 14.3 Å². The summed E-state index contributed by atoms with van der Waals surface area (Å²) in [4.78, 5) is 22.4. The van der Waals surface area contributed by atoms with Gasteiger partial charge in [0.2, 0.25) is 5.91 Å². The van der Waals surface area contributed by atoms with Crippen molar-refractivity contribution in [1.29, 1.82) is 0 Å². The molecule has 0 spiro atoms. The zero-order valence-corrected chi connectivity index (χ0v) is 11.4. The second-order valence-corrected chi connectivity index (χ2v) is 5.23. The van der Waals surface area contributed by atoms with Crippen molar-refractivity contribution >= 4 is 5.91 Å². The molecule has 0 unspecified atom stereocenters. The Balaban J connectivity index is 1.52.